The molecule has 2 amide bonds. The van der Waals surface area contributed by atoms with Gasteiger partial charge < -0.3 is 19.7 Å². The summed E-state index contributed by atoms with van der Waals surface area (Å²) < 4.78 is 10.5. The zero-order chi connectivity index (χ0) is 21.5. The maximum absolute atomic E-state index is 12.8. The molecule has 30 heavy (non-hydrogen) atoms. The number of hydrogen-bond acceptors (Lipinski definition) is 4. The van der Waals surface area contributed by atoms with E-state index in [2.05, 4.69) is 36.5 Å². The molecule has 0 radical (unpaired) electrons. The van der Waals surface area contributed by atoms with Crippen molar-refractivity contribution in [2.75, 3.05) is 27.3 Å². The molecule has 0 aromatic heterocycles. The first-order valence-electron chi connectivity index (χ1n) is 10.4. The highest BCUT2D eigenvalue weighted by Crippen LogP contribution is 2.28. The highest BCUT2D eigenvalue weighted by molar-refractivity contribution is 5.95. The Balaban J connectivity index is 1.46. The van der Waals surface area contributed by atoms with E-state index in [4.69, 9.17) is 9.47 Å². The molecule has 1 aliphatic heterocycles. The van der Waals surface area contributed by atoms with Crippen molar-refractivity contribution in [1.29, 1.82) is 0 Å². The molecule has 3 rings (SSSR count). The highest BCUT2D eigenvalue weighted by atomic mass is 16.5. The minimum atomic E-state index is -0.0277. The molecule has 2 aromatic carbocycles. The molecule has 6 nitrogen and oxygen atoms in total. The molecule has 2 aromatic rings. The summed E-state index contributed by atoms with van der Waals surface area (Å²) in [7, 11) is 3.12. The second kappa shape index (κ2) is 10.1. The van der Waals surface area contributed by atoms with Crippen molar-refractivity contribution >= 4 is 11.8 Å². The third-order valence-electron chi connectivity index (χ3n) is 5.54. The topological polar surface area (TPSA) is 67.9 Å². The maximum atomic E-state index is 12.8. The molecule has 0 unspecified atom stereocenters. The Morgan fingerprint density at radius 3 is 2.30 bits per heavy atom. The Kier molecular flexibility index (Phi) is 7.33. The lowest BCUT2D eigenvalue weighted by molar-refractivity contribution is -0.122. The van der Waals surface area contributed by atoms with E-state index in [9.17, 15) is 9.59 Å². The molecule has 160 valence electrons. The third-order valence-corrected chi connectivity index (χ3v) is 5.54. The number of nitrogens with one attached hydrogen (secondary N) is 1. The second-order valence-electron chi connectivity index (χ2n) is 7.69. The number of methoxy groups -OCH3 is 2. The fraction of sp³-hybridized carbons (Fsp3) is 0.417. The molecule has 1 heterocycles. The number of likely N-dealkylation sites (tertiary alicyclic amines) is 1. The van der Waals surface area contributed by atoms with Gasteiger partial charge in [0, 0.05) is 31.1 Å². The zero-order valence-electron chi connectivity index (χ0n) is 17.9. The summed E-state index contributed by atoms with van der Waals surface area (Å²) in [5.41, 5.74) is 2.97. The molecule has 0 spiro atoms. The van der Waals surface area contributed by atoms with Crippen molar-refractivity contribution in [2.24, 2.45) is 0 Å². The number of aryl methyl sites for hydroxylation is 2. The van der Waals surface area contributed by atoms with E-state index < -0.39 is 0 Å². The summed E-state index contributed by atoms with van der Waals surface area (Å²) in [6.07, 6.45) is 2.74. The Labute approximate surface area is 178 Å². The van der Waals surface area contributed by atoms with Crippen LogP contribution in [0.4, 0.5) is 0 Å². The van der Waals surface area contributed by atoms with Crippen LogP contribution in [0.1, 0.15) is 40.7 Å². The normalized spacial score (nSPS) is 14.3. The minimum Gasteiger partial charge on any atom is -0.493 e. The highest BCUT2D eigenvalue weighted by Gasteiger charge is 2.25. The van der Waals surface area contributed by atoms with Gasteiger partial charge in [-0.25, -0.2) is 0 Å². The van der Waals surface area contributed by atoms with Gasteiger partial charge in [0.15, 0.2) is 11.5 Å². The monoisotopic (exact) mass is 410 g/mol. The quantitative estimate of drug-likeness (QED) is 0.760. The number of rotatable bonds is 7. The molecule has 0 bridgehead atoms. The molecular formula is C24H30N2O4. The number of hydrogen-bond donors (Lipinski definition) is 1. The number of amides is 2. The summed E-state index contributed by atoms with van der Waals surface area (Å²) in [4.78, 5) is 27.0. The van der Waals surface area contributed by atoms with E-state index in [1.807, 2.05) is 4.90 Å². The van der Waals surface area contributed by atoms with Crippen LogP contribution in [0.5, 0.6) is 11.5 Å². The Bertz CT molecular complexity index is 871. The van der Waals surface area contributed by atoms with E-state index in [0.717, 1.165) is 19.3 Å². The number of benzene rings is 2. The molecule has 1 saturated heterocycles. The second-order valence-corrected chi connectivity index (χ2v) is 7.69. The predicted molar refractivity (Wildman–Crippen MR) is 116 cm³/mol. The predicted octanol–water partition coefficient (Wildman–Crippen LogP) is 3.37. The molecule has 0 atom stereocenters. The maximum Gasteiger partial charge on any atom is 0.253 e. The van der Waals surface area contributed by atoms with E-state index in [-0.39, 0.29) is 17.9 Å². The van der Waals surface area contributed by atoms with Gasteiger partial charge in [0.2, 0.25) is 5.91 Å². The van der Waals surface area contributed by atoms with Gasteiger partial charge in [0.25, 0.3) is 5.91 Å². The van der Waals surface area contributed by atoms with Gasteiger partial charge in [-0.15, -0.1) is 0 Å². The van der Waals surface area contributed by atoms with Crippen LogP contribution in [0.25, 0.3) is 0 Å². The number of ether oxygens (including phenoxy) is 2. The average Bonchev–Trinajstić information content (AvgIpc) is 2.78. The van der Waals surface area contributed by atoms with Crippen LogP contribution in [0, 0.1) is 6.92 Å². The minimum absolute atomic E-state index is 0.0277. The van der Waals surface area contributed by atoms with Gasteiger partial charge in [-0.05, 0) is 49.9 Å². The first-order valence-corrected chi connectivity index (χ1v) is 10.4. The van der Waals surface area contributed by atoms with E-state index in [1.54, 1.807) is 32.4 Å². The molecule has 6 heteroatoms. The summed E-state index contributed by atoms with van der Waals surface area (Å²) in [5.74, 6) is 1.18. The summed E-state index contributed by atoms with van der Waals surface area (Å²) >= 11 is 0. The molecule has 0 saturated carbocycles. The molecule has 1 N–H and O–H groups in total. The van der Waals surface area contributed by atoms with Crippen LogP contribution in [-0.4, -0.2) is 50.1 Å². The van der Waals surface area contributed by atoms with Crippen LogP contribution in [-0.2, 0) is 11.2 Å². The van der Waals surface area contributed by atoms with Crippen LogP contribution in [0.2, 0.25) is 0 Å². The summed E-state index contributed by atoms with van der Waals surface area (Å²) in [5, 5.41) is 3.12. The lowest BCUT2D eigenvalue weighted by Gasteiger charge is -2.32. The Hall–Kier alpha value is -3.02. The first kappa shape index (κ1) is 21.7. The van der Waals surface area contributed by atoms with Crippen LogP contribution >= 0.6 is 0 Å². The van der Waals surface area contributed by atoms with Gasteiger partial charge in [0.05, 0.1) is 14.2 Å². The number of nitrogens with zero attached hydrogens (tertiary/aromatic N) is 1. The van der Waals surface area contributed by atoms with Crippen molar-refractivity contribution in [3.63, 3.8) is 0 Å². The van der Waals surface area contributed by atoms with Crippen LogP contribution in [0.3, 0.4) is 0 Å². The van der Waals surface area contributed by atoms with Crippen LogP contribution < -0.4 is 14.8 Å². The van der Waals surface area contributed by atoms with Gasteiger partial charge in [0.1, 0.15) is 0 Å². The van der Waals surface area contributed by atoms with Gasteiger partial charge in [-0.2, -0.15) is 0 Å². The summed E-state index contributed by atoms with van der Waals surface area (Å²) in [6, 6.07) is 13.6. The fourth-order valence-electron chi connectivity index (χ4n) is 3.69. The largest absolute Gasteiger partial charge is 0.493 e. The standard InChI is InChI=1S/C24H30N2O4/c1-17-4-6-18(7-5-17)8-11-23(27)25-20-12-14-26(15-13-20)24(28)19-9-10-21(29-2)22(16-19)30-3/h4-7,9-10,16,20H,8,11-15H2,1-3H3,(H,25,27). The van der Waals surface area contributed by atoms with Crippen molar-refractivity contribution in [2.45, 2.75) is 38.6 Å². The van der Waals surface area contributed by atoms with Crippen molar-refractivity contribution in [1.82, 2.24) is 10.2 Å². The lowest BCUT2D eigenvalue weighted by atomic mass is 10.0. The van der Waals surface area contributed by atoms with E-state index in [0.29, 0.717) is 36.6 Å². The summed E-state index contributed by atoms with van der Waals surface area (Å²) in [6.45, 7) is 3.30. The zero-order valence-corrected chi connectivity index (χ0v) is 17.9. The Morgan fingerprint density at radius 2 is 1.67 bits per heavy atom. The SMILES string of the molecule is COc1ccc(C(=O)N2CCC(NC(=O)CCc3ccc(C)cc3)CC2)cc1OC. The number of piperidine rings is 1. The molecule has 1 fully saturated rings. The van der Waals surface area contributed by atoms with E-state index >= 15 is 0 Å². The molecular weight excluding hydrogens is 380 g/mol. The Morgan fingerprint density at radius 1 is 1.00 bits per heavy atom. The number of carbonyl (C=O) groups is 2. The van der Waals surface area contributed by atoms with Crippen molar-refractivity contribution in [3.05, 3.63) is 59.2 Å². The third kappa shape index (κ3) is 5.53. The van der Waals surface area contributed by atoms with Crippen molar-refractivity contribution in [3.8, 4) is 11.5 Å². The smallest absolute Gasteiger partial charge is 0.253 e. The fourth-order valence-corrected chi connectivity index (χ4v) is 3.69. The van der Waals surface area contributed by atoms with Gasteiger partial charge in [-0.1, -0.05) is 29.8 Å². The van der Waals surface area contributed by atoms with E-state index in [1.165, 1.54) is 11.1 Å². The number of carbonyl (C=O) groups excluding carboxylic acids is 2. The average molecular weight is 411 g/mol. The van der Waals surface area contributed by atoms with Crippen LogP contribution in [0.15, 0.2) is 42.5 Å². The van der Waals surface area contributed by atoms with Gasteiger partial charge in [-0.3, -0.25) is 9.59 Å². The molecule has 1 aliphatic rings. The lowest BCUT2D eigenvalue weighted by Crippen LogP contribution is -2.46. The first-order chi connectivity index (χ1) is 14.5. The van der Waals surface area contributed by atoms with Crippen molar-refractivity contribution < 1.29 is 19.1 Å². The molecule has 0 aliphatic carbocycles. The van der Waals surface area contributed by atoms with Gasteiger partial charge >= 0.3 is 0 Å².